The normalized spacial score (nSPS) is 14.6. The minimum Gasteiger partial charge on any atom is -0.497 e. The van der Waals surface area contributed by atoms with Gasteiger partial charge in [0, 0.05) is 11.1 Å². The molecule has 0 saturated carbocycles. The number of hydrogen-bond acceptors (Lipinski definition) is 8. The van der Waals surface area contributed by atoms with E-state index >= 15 is 0 Å². The lowest BCUT2D eigenvalue weighted by atomic mass is 9.82. The molecule has 3 aromatic carbocycles. The molecule has 2 aromatic heterocycles. The van der Waals surface area contributed by atoms with E-state index in [1.165, 1.54) is 0 Å². The average molecular weight is 506 g/mol. The maximum Gasteiger partial charge on any atom is 0.244 e. The summed E-state index contributed by atoms with van der Waals surface area (Å²) in [5, 5.41) is 26.2. The molecule has 1 aliphatic heterocycles. The Kier molecular flexibility index (Phi) is 5.65. The fourth-order valence-corrected chi connectivity index (χ4v) is 4.85. The summed E-state index contributed by atoms with van der Waals surface area (Å²) in [7, 11) is 3.24. The molecule has 0 aliphatic carbocycles. The van der Waals surface area contributed by atoms with Crippen molar-refractivity contribution in [2.24, 2.45) is 5.73 Å². The Morgan fingerprint density at radius 1 is 1.08 bits per heavy atom. The number of aromatic amines is 1. The number of aromatic nitrogens is 5. The molecule has 3 N–H and O–H groups in total. The first-order valence-corrected chi connectivity index (χ1v) is 11.9. The maximum absolute atomic E-state index is 10.1. The van der Waals surface area contributed by atoms with Gasteiger partial charge in [-0.1, -0.05) is 23.4 Å². The van der Waals surface area contributed by atoms with E-state index in [2.05, 4.69) is 26.6 Å². The number of methoxy groups -OCH3 is 2. The lowest BCUT2D eigenvalue weighted by Gasteiger charge is -2.25. The SMILES string of the molecule is COc1ccc(-c2[nH]nc3c2C(c2ccc(OC)c(Cn4nnc5ccccc54)c2)C(C#N)=C(N)O3)cc1. The standard InChI is InChI=1S/C28H23N7O3/c1-36-19-10-7-16(8-11-19)26-25-24(20(14-29)27(30)38-28(25)33-32-26)17-9-12-23(37-2)18(13-17)15-35-22-6-4-3-5-21(22)31-34-35/h3-13,24H,15,30H2,1-2H3,(H,32,33). The Labute approximate surface area is 217 Å². The van der Waals surface area contributed by atoms with Gasteiger partial charge in [-0.25, -0.2) is 4.68 Å². The Bertz CT molecular complexity index is 1730. The van der Waals surface area contributed by atoms with Crippen molar-refractivity contribution in [1.82, 2.24) is 25.2 Å². The highest BCUT2D eigenvalue weighted by molar-refractivity contribution is 5.74. The van der Waals surface area contributed by atoms with Crippen LogP contribution in [0.2, 0.25) is 0 Å². The quantitative estimate of drug-likeness (QED) is 0.352. The summed E-state index contributed by atoms with van der Waals surface area (Å²) in [6.45, 7) is 0.422. The van der Waals surface area contributed by atoms with E-state index in [9.17, 15) is 5.26 Å². The maximum atomic E-state index is 10.1. The molecule has 0 fully saturated rings. The molecule has 0 amide bonds. The third kappa shape index (κ3) is 3.77. The molecule has 10 nitrogen and oxygen atoms in total. The summed E-state index contributed by atoms with van der Waals surface area (Å²) in [5.41, 5.74) is 12.3. The molecular weight excluding hydrogens is 482 g/mol. The topological polar surface area (TPSA) is 137 Å². The highest BCUT2D eigenvalue weighted by Crippen LogP contribution is 2.46. The Hall–Kier alpha value is -5.30. The van der Waals surface area contributed by atoms with Gasteiger partial charge in [0.15, 0.2) is 0 Å². The minimum atomic E-state index is -0.517. The zero-order chi connectivity index (χ0) is 26.2. The van der Waals surface area contributed by atoms with Gasteiger partial charge in [-0.05, 0) is 54.1 Å². The summed E-state index contributed by atoms with van der Waals surface area (Å²) in [6, 6.07) is 23.4. The van der Waals surface area contributed by atoms with Gasteiger partial charge >= 0.3 is 0 Å². The number of nitrogens with one attached hydrogen (secondary N) is 1. The predicted molar refractivity (Wildman–Crippen MR) is 139 cm³/mol. The van der Waals surface area contributed by atoms with Gasteiger partial charge in [-0.3, -0.25) is 5.10 Å². The van der Waals surface area contributed by atoms with E-state index in [4.69, 9.17) is 19.9 Å². The van der Waals surface area contributed by atoms with Crippen LogP contribution in [0.25, 0.3) is 22.3 Å². The lowest BCUT2D eigenvalue weighted by Crippen LogP contribution is -2.21. The van der Waals surface area contributed by atoms with Gasteiger partial charge in [0.25, 0.3) is 0 Å². The van der Waals surface area contributed by atoms with Crippen LogP contribution in [-0.4, -0.2) is 39.4 Å². The highest BCUT2D eigenvalue weighted by atomic mass is 16.5. The summed E-state index contributed by atoms with van der Waals surface area (Å²) >= 11 is 0. The number of fused-ring (bicyclic) bond motifs is 2. The van der Waals surface area contributed by atoms with E-state index in [-0.39, 0.29) is 5.88 Å². The van der Waals surface area contributed by atoms with Crippen molar-refractivity contribution in [2.75, 3.05) is 14.2 Å². The van der Waals surface area contributed by atoms with Crippen LogP contribution in [0.5, 0.6) is 17.4 Å². The molecule has 1 aliphatic rings. The summed E-state index contributed by atoms with van der Waals surface area (Å²) in [6.07, 6.45) is 0. The van der Waals surface area contributed by atoms with E-state index in [0.717, 1.165) is 44.7 Å². The Morgan fingerprint density at radius 3 is 2.66 bits per heavy atom. The van der Waals surface area contributed by atoms with Gasteiger partial charge in [0.05, 0.1) is 43.5 Å². The van der Waals surface area contributed by atoms with Crippen LogP contribution in [0, 0.1) is 11.3 Å². The van der Waals surface area contributed by atoms with Gasteiger partial charge < -0.3 is 19.9 Å². The molecule has 10 heteroatoms. The van der Waals surface area contributed by atoms with Crippen LogP contribution in [0.4, 0.5) is 0 Å². The van der Waals surface area contributed by atoms with Crippen LogP contribution in [0.15, 0.2) is 78.2 Å². The van der Waals surface area contributed by atoms with Crippen LogP contribution in [-0.2, 0) is 6.54 Å². The van der Waals surface area contributed by atoms with Crippen molar-refractivity contribution in [2.45, 2.75) is 12.5 Å². The molecule has 1 unspecified atom stereocenters. The second-order valence-corrected chi connectivity index (χ2v) is 8.78. The van der Waals surface area contributed by atoms with Crippen molar-refractivity contribution >= 4 is 11.0 Å². The first kappa shape index (κ1) is 23.1. The molecular formula is C28H23N7O3. The number of rotatable bonds is 6. The summed E-state index contributed by atoms with van der Waals surface area (Å²) in [4.78, 5) is 0. The number of benzene rings is 3. The molecule has 6 rings (SSSR count). The number of allylic oxidation sites excluding steroid dienone is 1. The van der Waals surface area contributed by atoms with Crippen molar-refractivity contribution in [3.05, 3.63) is 94.9 Å². The van der Waals surface area contributed by atoms with Crippen molar-refractivity contribution in [3.63, 3.8) is 0 Å². The fraction of sp³-hybridized carbons (Fsp3) is 0.143. The summed E-state index contributed by atoms with van der Waals surface area (Å²) in [5.74, 6) is 1.27. The third-order valence-corrected chi connectivity index (χ3v) is 6.70. The largest absolute Gasteiger partial charge is 0.497 e. The van der Waals surface area contributed by atoms with Crippen molar-refractivity contribution in [1.29, 1.82) is 5.26 Å². The third-order valence-electron chi connectivity index (χ3n) is 6.70. The van der Waals surface area contributed by atoms with E-state index < -0.39 is 5.92 Å². The molecule has 5 aromatic rings. The molecule has 0 radical (unpaired) electrons. The molecule has 0 spiro atoms. The Balaban J connectivity index is 1.48. The fourth-order valence-electron chi connectivity index (χ4n) is 4.85. The number of nitriles is 1. The minimum absolute atomic E-state index is 0.0254. The first-order valence-electron chi connectivity index (χ1n) is 11.9. The van der Waals surface area contributed by atoms with Gasteiger partial charge in [0.2, 0.25) is 11.8 Å². The molecule has 38 heavy (non-hydrogen) atoms. The number of para-hydroxylation sites is 1. The number of hydrogen-bond donors (Lipinski definition) is 2. The smallest absolute Gasteiger partial charge is 0.244 e. The predicted octanol–water partition coefficient (Wildman–Crippen LogP) is 4.11. The highest BCUT2D eigenvalue weighted by Gasteiger charge is 2.36. The lowest BCUT2D eigenvalue weighted by molar-refractivity contribution is 0.378. The molecule has 0 saturated heterocycles. The molecule has 3 heterocycles. The average Bonchev–Trinajstić information content (AvgIpc) is 3.56. The number of nitrogens with two attached hydrogens (primary N) is 1. The van der Waals surface area contributed by atoms with E-state index in [1.807, 2.05) is 71.4 Å². The summed E-state index contributed by atoms with van der Waals surface area (Å²) < 4.78 is 18.6. The second kappa shape index (κ2) is 9.29. The van der Waals surface area contributed by atoms with Crippen LogP contribution >= 0.6 is 0 Å². The van der Waals surface area contributed by atoms with Crippen LogP contribution < -0.4 is 19.9 Å². The Morgan fingerprint density at radius 2 is 1.89 bits per heavy atom. The van der Waals surface area contributed by atoms with Gasteiger partial charge in [-0.15, -0.1) is 10.2 Å². The van der Waals surface area contributed by atoms with Crippen LogP contribution in [0.3, 0.4) is 0 Å². The van der Waals surface area contributed by atoms with Crippen molar-refractivity contribution < 1.29 is 14.2 Å². The zero-order valence-electron chi connectivity index (χ0n) is 20.7. The van der Waals surface area contributed by atoms with Gasteiger partial charge in [-0.2, -0.15) is 5.26 Å². The zero-order valence-corrected chi connectivity index (χ0v) is 20.7. The molecule has 188 valence electrons. The monoisotopic (exact) mass is 505 g/mol. The van der Waals surface area contributed by atoms with E-state index in [0.29, 0.717) is 23.7 Å². The first-order chi connectivity index (χ1) is 18.6. The number of nitrogens with zero attached hydrogens (tertiary/aromatic N) is 5. The molecule has 1 atom stereocenters. The van der Waals surface area contributed by atoms with Gasteiger partial charge in [0.1, 0.15) is 28.7 Å². The van der Waals surface area contributed by atoms with Crippen LogP contribution in [0.1, 0.15) is 22.6 Å². The number of H-pyrrole nitrogens is 1. The second-order valence-electron chi connectivity index (χ2n) is 8.78. The van der Waals surface area contributed by atoms with E-state index in [1.54, 1.807) is 14.2 Å². The number of ether oxygens (including phenoxy) is 3. The molecule has 0 bridgehead atoms. The van der Waals surface area contributed by atoms with Crippen molar-refractivity contribution in [3.8, 4) is 34.7 Å².